The third kappa shape index (κ3) is 4.63. The number of aromatic nitrogens is 4. The average Bonchev–Trinajstić information content (AvgIpc) is 3.11. The molecule has 3 aromatic rings. The molecule has 138 valence electrons. The maximum atomic E-state index is 6.25. The number of nitrogens with one attached hydrogen (secondary N) is 1. The summed E-state index contributed by atoms with van der Waals surface area (Å²) in [4.78, 5) is 8.79. The van der Waals surface area contributed by atoms with E-state index in [1.165, 1.54) is 5.57 Å². The molecule has 0 bridgehead atoms. The quantitative estimate of drug-likeness (QED) is 0.547. The maximum Gasteiger partial charge on any atom is 0.181 e. The highest BCUT2D eigenvalue weighted by Crippen LogP contribution is 2.26. The second kappa shape index (κ2) is 8.64. The summed E-state index contributed by atoms with van der Waals surface area (Å²) >= 11 is 6.25. The fourth-order valence-corrected chi connectivity index (χ4v) is 2.72. The van der Waals surface area contributed by atoms with Gasteiger partial charge in [-0.25, -0.2) is 9.50 Å². The molecule has 0 saturated carbocycles. The molecule has 0 radical (unpaired) electrons. The fraction of sp³-hybridized carbons (Fsp3) is 0.190. The van der Waals surface area contributed by atoms with Crippen LogP contribution in [0.3, 0.4) is 0 Å². The first-order valence-corrected chi connectivity index (χ1v) is 9.20. The minimum absolute atomic E-state index is 0.537. The van der Waals surface area contributed by atoms with Crippen LogP contribution in [0, 0.1) is 0 Å². The van der Waals surface area contributed by atoms with E-state index in [4.69, 9.17) is 16.6 Å². The molecular formula is C21H22ClN5. The van der Waals surface area contributed by atoms with Crippen molar-refractivity contribution in [1.82, 2.24) is 19.6 Å². The standard InChI is InChI=1S/C21H22ClN5/c1-4-7-16(9-5-8-15(2)3)20-25-21(19-10-6-13-27(19)26-20)24-18-11-12-23-14-17(18)22/h5-14H,4H2,1-3H3,(H,23,24,25,26)/b9-5-,16-7-. The van der Waals surface area contributed by atoms with Gasteiger partial charge in [-0.1, -0.05) is 48.4 Å². The van der Waals surface area contributed by atoms with E-state index in [1.54, 1.807) is 12.4 Å². The van der Waals surface area contributed by atoms with Crippen LogP contribution in [-0.2, 0) is 0 Å². The van der Waals surface area contributed by atoms with Crippen LogP contribution in [0.4, 0.5) is 11.5 Å². The van der Waals surface area contributed by atoms with Gasteiger partial charge in [0.1, 0.15) is 5.52 Å². The molecule has 3 aromatic heterocycles. The van der Waals surface area contributed by atoms with Gasteiger partial charge in [-0.3, -0.25) is 4.98 Å². The predicted octanol–water partition coefficient (Wildman–Crippen LogP) is 5.84. The van der Waals surface area contributed by atoms with Crippen molar-refractivity contribution >= 4 is 34.2 Å². The fourth-order valence-electron chi connectivity index (χ4n) is 2.55. The van der Waals surface area contributed by atoms with Gasteiger partial charge in [0.2, 0.25) is 0 Å². The van der Waals surface area contributed by atoms with E-state index in [1.807, 2.05) is 41.1 Å². The molecule has 0 saturated heterocycles. The van der Waals surface area contributed by atoms with Gasteiger partial charge in [0.05, 0.1) is 10.7 Å². The first kappa shape index (κ1) is 18.9. The second-order valence-electron chi connectivity index (χ2n) is 6.27. The first-order chi connectivity index (χ1) is 13.1. The molecular weight excluding hydrogens is 358 g/mol. The van der Waals surface area contributed by atoms with Crippen LogP contribution >= 0.6 is 11.6 Å². The number of allylic oxidation sites excluding steroid dienone is 6. The summed E-state index contributed by atoms with van der Waals surface area (Å²) in [5.41, 5.74) is 3.82. The molecule has 0 spiro atoms. The van der Waals surface area contributed by atoms with E-state index >= 15 is 0 Å². The van der Waals surface area contributed by atoms with Gasteiger partial charge in [0.25, 0.3) is 0 Å². The Hall–Kier alpha value is -2.92. The van der Waals surface area contributed by atoms with Crippen molar-refractivity contribution in [2.45, 2.75) is 27.2 Å². The van der Waals surface area contributed by atoms with Crippen molar-refractivity contribution in [3.8, 4) is 0 Å². The largest absolute Gasteiger partial charge is 0.337 e. The molecule has 0 fully saturated rings. The smallest absolute Gasteiger partial charge is 0.181 e. The lowest BCUT2D eigenvalue weighted by atomic mass is 10.2. The van der Waals surface area contributed by atoms with E-state index in [-0.39, 0.29) is 0 Å². The molecule has 0 unspecified atom stereocenters. The Bertz CT molecular complexity index is 1030. The number of nitrogens with zero attached hydrogens (tertiary/aromatic N) is 4. The topological polar surface area (TPSA) is 55.1 Å². The van der Waals surface area contributed by atoms with Gasteiger partial charge in [-0.2, -0.15) is 0 Å². The number of pyridine rings is 1. The summed E-state index contributed by atoms with van der Waals surface area (Å²) < 4.78 is 1.82. The molecule has 0 atom stereocenters. The first-order valence-electron chi connectivity index (χ1n) is 8.82. The van der Waals surface area contributed by atoms with Crippen LogP contribution in [0.1, 0.15) is 33.0 Å². The van der Waals surface area contributed by atoms with Crippen molar-refractivity contribution < 1.29 is 0 Å². The summed E-state index contributed by atoms with van der Waals surface area (Å²) in [6.07, 6.45) is 14.3. The third-order valence-corrected chi connectivity index (χ3v) is 4.11. The van der Waals surface area contributed by atoms with Crippen molar-refractivity contribution in [3.63, 3.8) is 0 Å². The molecule has 0 aliphatic heterocycles. The molecule has 0 aromatic carbocycles. The monoisotopic (exact) mass is 379 g/mol. The van der Waals surface area contributed by atoms with Crippen LogP contribution in [0.5, 0.6) is 0 Å². The zero-order valence-corrected chi connectivity index (χ0v) is 16.4. The van der Waals surface area contributed by atoms with E-state index in [9.17, 15) is 0 Å². The van der Waals surface area contributed by atoms with Crippen LogP contribution in [0.25, 0.3) is 11.1 Å². The Kier molecular flexibility index (Phi) is 6.04. The second-order valence-corrected chi connectivity index (χ2v) is 6.68. The highest BCUT2D eigenvalue weighted by atomic mass is 35.5. The van der Waals surface area contributed by atoms with E-state index in [0.29, 0.717) is 16.7 Å². The van der Waals surface area contributed by atoms with Crippen molar-refractivity contribution in [2.75, 3.05) is 5.32 Å². The number of hydrogen-bond acceptors (Lipinski definition) is 4. The lowest BCUT2D eigenvalue weighted by Crippen LogP contribution is -2.05. The normalized spacial score (nSPS) is 11.9. The summed E-state index contributed by atoms with van der Waals surface area (Å²) in [6, 6.07) is 5.72. The molecule has 27 heavy (non-hydrogen) atoms. The van der Waals surface area contributed by atoms with Gasteiger partial charge in [0, 0.05) is 24.2 Å². The minimum Gasteiger partial charge on any atom is -0.337 e. The summed E-state index contributed by atoms with van der Waals surface area (Å²) in [5, 5.41) is 8.50. The van der Waals surface area contributed by atoms with E-state index < -0.39 is 0 Å². The number of anilines is 2. The lowest BCUT2D eigenvalue weighted by molar-refractivity contribution is 0.888. The van der Waals surface area contributed by atoms with Gasteiger partial charge < -0.3 is 5.32 Å². The van der Waals surface area contributed by atoms with E-state index in [0.717, 1.165) is 23.2 Å². The molecule has 3 heterocycles. The summed E-state index contributed by atoms with van der Waals surface area (Å²) in [5.74, 6) is 1.34. The van der Waals surface area contributed by atoms with Gasteiger partial charge in [-0.15, -0.1) is 5.10 Å². The van der Waals surface area contributed by atoms with Crippen LogP contribution in [0.2, 0.25) is 5.02 Å². The maximum absolute atomic E-state index is 6.25. The van der Waals surface area contributed by atoms with Gasteiger partial charge >= 0.3 is 0 Å². The average molecular weight is 380 g/mol. The zero-order chi connectivity index (χ0) is 19.2. The highest BCUT2D eigenvalue weighted by Gasteiger charge is 2.11. The Labute approximate surface area is 164 Å². The van der Waals surface area contributed by atoms with Gasteiger partial charge in [-0.05, 0) is 38.5 Å². The highest BCUT2D eigenvalue weighted by molar-refractivity contribution is 6.33. The molecule has 0 amide bonds. The Morgan fingerprint density at radius 3 is 2.89 bits per heavy atom. The molecule has 0 aliphatic carbocycles. The summed E-state index contributed by atoms with van der Waals surface area (Å²) in [6.45, 7) is 6.23. The lowest BCUT2D eigenvalue weighted by Gasteiger charge is -2.11. The van der Waals surface area contributed by atoms with Crippen molar-refractivity contribution in [2.24, 2.45) is 0 Å². The van der Waals surface area contributed by atoms with Gasteiger partial charge in [0.15, 0.2) is 11.6 Å². The van der Waals surface area contributed by atoms with E-state index in [2.05, 4.69) is 48.3 Å². The number of halogens is 1. The SMILES string of the molecule is CC/C=C(/C=C\C=C(C)C)c1nc(Nc2ccncc2Cl)c2cccn2n1. The van der Waals surface area contributed by atoms with Crippen molar-refractivity contribution in [3.05, 3.63) is 77.5 Å². The molecule has 1 N–H and O–H groups in total. The van der Waals surface area contributed by atoms with Crippen LogP contribution in [0.15, 0.2) is 66.7 Å². The van der Waals surface area contributed by atoms with Crippen LogP contribution < -0.4 is 5.32 Å². The number of fused-ring (bicyclic) bond motifs is 1. The Morgan fingerprint density at radius 2 is 2.15 bits per heavy atom. The van der Waals surface area contributed by atoms with Crippen molar-refractivity contribution in [1.29, 1.82) is 0 Å². The molecule has 0 aliphatic rings. The molecule has 5 nitrogen and oxygen atoms in total. The molecule has 3 rings (SSSR count). The number of hydrogen-bond donors (Lipinski definition) is 1. The number of rotatable bonds is 6. The van der Waals surface area contributed by atoms with Crippen LogP contribution in [-0.4, -0.2) is 19.6 Å². The molecule has 6 heteroatoms. The Balaban J connectivity index is 2.06. The minimum atomic E-state index is 0.537. The summed E-state index contributed by atoms with van der Waals surface area (Å²) in [7, 11) is 0. The predicted molar refractivity (Wildman–Crippen MR) is 112 cm³/mol. The third-order valence-electron chi connectivity index (χ3n) is 3.80. The Morgan fingerprint density at radius 1 is 1.30 bits per heavy atom. The zero-order valence-electron chi connectivity index (χ0n) is 15.6.